The monoisotopic (exact) mass is 486 g/mol. The van der Waals surface area contributed by atoms with Gasteiger partial charge in [0.05, 0.1) is 0 Å². The molecule has 3 fully saturated rings. The van der Waals surface area contributed by atoms with E-state index < -0.39 is 0 Å². The number of hydrogen-bond acceptors (Lipinski definition) is 2. The van der Waals surface area contributed by atoms with Gasteiger partial charge in [-0.2, -0.15) is 0 Å². The predicted molar refractivity (Wildman–Crippen MR) is 119 cm³/mol. The van der Waals surface area contributed by atoms with E-state index in [0.29, 0.717) is 0 Å². The molecule has 1 atom stereocenters. The van der Waals surface area contributed by atoms with Crippen LogP contribution in [0.4, 0.5) is 4.39 Å². The fourth-order valence-electron chi connectivity index (χ4n) is 4.67. The minimum Gasteiger partial charge on any atom is -0.355 e. The van der Waals surface area contributed by atoms with Crippen LogP contribution in [0.2, 0.25) is 0 Å². The lowest BCUT2D eigenvalue weighted by Gasteiger charge is -2.25. The zero-order chi connectivity index (χ0) is 18.0. The third kappa shape index (κ3) is 4.75. The number of likely N-dealkylation sites (tertiary alicyclic amines) is 2. The van der Waals surface area contributed by atoms with Gasteiger partial charge in [0.1, 0.15) is 5.82 Å². The second-order valence-electron chi connectivity index (χ2n) is 8.27. The van der Waals surface area contributed by atoms with Crippen molar-refractivity contribution in [3.05, 3.63) is 35.6 Å². The maximum absolute atomic E-state index is 14.2. The van der Waals surface area contributed by atoms with Crippen molar-refractivity contribution >= 4 is 29.9 Å². The molecule has 2 saturated heterocycles. The second-order valence-corrected chi connectivity index (χ2v) is 8.27. The van der Waals surface area contributed by atoms with Gasteiger partial charge in [-0.15, -0.1) is 24.0 Å². The van der Waals surface area contributed by atoms with E-state index in [1.807, 2.05) is 19.2 Å². The van der Waals surface area contributed by atoms with E-state index in [-0.39, 0.29) is 35.2 Å². The number of halogens is 2. The lowest BCUT2D eigenvalue weighted by molar-refractivity contribution is 0.281. The molecule has 1 saturated carbocycles. The van der Waals surface area contributed by atoms with Crippen LogP contribution >= 0.6 is 24.0 Å². The summed E-state index contributed by atoms with van der Waals surface area (Å²) in [5.74, 6) is 1.65. The van der Waals surface area contributed by atoms with E-state index in [0.717, 1.165) is 49.9 Å². The molecule has 0 bridgehead atoms. The first-order valence-electron chi connectivity index (χ1n) is 10.1. The van der Waals surface area contributed by atoms with Crippen LogP contribution in [0.1, 0.15) is 37.7 Å². The molecule has 0 amide bonds. The fourth-order valence-corrected chi connectivity index (χ4v) is 4.67. The number of rotatable bonds is 5. The summed E-state index contributed by atoms with van der Waals surface area (Å²) in [7, 11) is 1.86. The lowest BCUT2D eigenvalue weighted by atomic mass is 9.95. The Kier molecular flexibility index (Phi) is 7.00. The van der Waals surface area contributed by atoms with Crippen LogP contribution in [0, 0.1) is 11.7 Å². The second kappa shape index (κ2) is 9.07. The van der Waals surface area contributed by atoms with Crippen LogP contribution in [-0.4, -0.2) is 62.1 Å². The molecule has 27 heavy (non-hydrogen) atoms. The summed E-state index contributed by atoms with van der Waals surface area (Å²) < 4.78 is 14.2. The molecule has 4 nitrogen and oxygen atoms in total. The van der Waals surface area contributed by atoms with Crippen LogP contribution in [0.15, 0.2) is 29.3 Å². The van der Waals surface area contributed by atoms with E-state index in [4.69, 9.17) is 0 Å². The van der Waals surface area contributed by atoms with Crippen molar-refractivity contribution in [1.29, 1.82) is 0 Å². The summed E-state index contributed by atoms with van der Waals surface area (Å²) in [6.07, 6.45) is 6.07. The standard InChI is InChI=1S/C21H31FN4.HI/c1-23-20(26-13-8-17(15-26)14-25-11-4-5-12-25)24-16-21(9-10-21)18-6-2-3-7-19(18)22;/h2-3,6-7,17H,4-5,8-16H2,1H3,(H,23,24);1H. The van der Waals surface area contributed by atoms with Gasteiger partial charge < -0.3 is 15.1 Å². The molecular weight excluding hydrogens is 454 g/mol. The van der Waals surface area contributed by atoms with E-state index in [2.05, 4.69) is 20.1 Å². The molecule has 2 heterocycles. The SMILES string of the molecule is CN=C(NCC1(c2ccccc2F)CC1)N1CCC(CN2CCCC2)C1.I. The summed E-state index contributed by atoms with van der Waals surface area (Å²) in [6, 6.07) is 7.23. The minimum absolute atomic E-state index is 0. The summed E-state index contributed by atoms with van der Waals surface area (Å²) in [4.78, 5) is 9.51. The molecule has 2 aliphatic heterocycles. The number of nitrogens with zero attached hydrogens (tertiary/aromatic N) is 3. The van der Waals surface area contributed by atoms with Gasteiger partial charge in [-0.25, -0.2) is 4.39 Å². The van der Waals surface area contributed by atoms with E-state index >= 15 is 0 Å². The van der Waals surface area contributed by atoms with Crippen LogP contribution in [0.25, 0.3) is 0 Å². The summed E-state index contributed by atoms with van der Waals surface area (Å²) >= 11 is 0. The lowest BCUT2D eigenvalue weighted by Crippen LogP contribution is -2.43. The van der Waals surface area contributed by atoms with Crippen molar-refractivity contribution in [3.63, 3.8) is 0 Å². The van der Waals surface area contributed by atoms with Crippen molar-refractivity contribution in [3.8, 4) is 0 Å². The first-order chi connectivity index (χ1) is 12.7. The van der Waals surface area contributed by atoms with Gasteiger partial charge in [-0.1, -0.05) is 18.2 Å². The van der Waals surface area contributed by atoms with Crippen molar-refractivity contribution < 1.29 is 4.39 Å². The first-order valence-corrected chi connectivity index (χ1v) is 10.1. The molecule has 4 rings (SSSR count). The molecule has 1 N–H and O–H groups in total. The maximum Gasteiger partial charge on any atom is 0.193 e. The van der Waals surface area contributed by atoms with Crippen molar-refractivity contribution in [1.82, 2.24) is 15.1 Å². The zero-order valence-corrected chi connectivity index (χ0v) is 18.6. The molecule has 1 aromatic rings. The summed E-state index contributed by atoms with van der Waals surface area (Å²) in [5.41, 5.74) is 0.812. The van der Waals surface area contributed by atoms with Gasteiger partial charge >= 0.3 is 0 Å². The van der Waals surface area contributed by atoms with Gasteiger partial charge in [0.25, 0.3) is 0 Å². The number of guanidine groups is 1. The molecule has 150 valence electrons. The Labute approximate surface area is 179 Å². The number of benzene rings is 1. The molecule has 1 aromatic carbocycles. The largest absolute Gasteiger partial charge is 0.355 e. The quantitative estimate of drug-likeness (QED) is 0.393. The fraction of sp³-hybridized carbons (Fsp3) is 0.667. The van der Waals surface area contributed by atoms with Gasteiger partial charge in [0.2, 0.25) is 0 Å². The molecule has 0 radical (unpaired) electrons. The van der Waals surface area contributed by atoms with Gasteiger partial charge in [0, 0.05) is 38.6 Å². The Balaban J connectivity index is 0.00000210. The Morgan fingerprint density at radius 1 is 1.22 bits per heavy atom. The molecular formula is C21H32FIN4. The van der Waals surface area contributed by atoms with E-state index in [1.54, 1.807) is 12.1 Å². The molecule has 6 heteroatoms. The molecule has 1 aliphatic carbocycles. The first kappa shape index (κ1) is 20.8. The molecule has 0 spiro atoms. The van der Waals surface area contributed by atoms with Gasteiger partial charge in [-0.05, 0) is 62.7 Å². The summed E-state index contributed by atoms with van der Waals surface area (Å²) in [6.45, 7) is 6.71. The third-order valence-corrected chi connectivity index (χ3v) is 6.40. The third-order valence-electron chi connectivity index (χ3n) is 6.40. The van der Waals surface area contributed by atoms with E-state index in [1.165, 1.54) is 38.9 Å². The van der Waals surface area contributed by atoms with Crippen LogP contribution < -0.4 is 5.32 Å². The van der Waals surface area contributed by atoms with Crippen molar-refractivity contribution in [2.45, 2.75) is 37.5 Å². The van der Waals surface area contributed by atoms with Crippen LogP contribution in [0.5, 0.6) is 0 Å². The Hall–Kier alpha value is -0.890. The Morgan fingerprint density at radius 3 is 2.63 bits per heavy atom. The minimum atomic E-state index is -0.0753. The van der Waals surface area contributed by atoms with Crippen molar-refractivity contribution in [2.75, 3.05) is 46.3 Å². The normalized spacial score (nSPS) is 24.7. The highest BCUT2D eigenvalue weighted by molar-refractivity contribution is 14.0. The van der Waals surface area contributed by atoms with E-state index in [9.17, 15) is 4.39 Å². The Morgan fingerprint density at radius 2 is 1.96 bits per heavy atom. The van der Waals surface area contributed by atoms with Crippen molar-refractivity contribution in [2.24, 2.45) is 10.9 Å². The molecule has 3 aliphatic rings. The highest BCUT2D eigenvalue weighted by Gasteiger charge is 2.46. The van der Waals surface area contributed by atoms with Crippen LogP contribution in [-0.2, 0) is 5.41 Å². The predicted octanol–water partition coefficient (Wildman–Crippen LogP) is 3.47. The summed E-state index contributed by atoms with van der Waals surface area (Å²) in [5, 5.41) is 3.55. The Bertz CT molecular complexity index is 655. The average molecular weight is 486 g/mol. The average Bonchev–Trinajstić information content (AvgIpc) is 3.04. The van der Waals surface area contributed by atoms with Gasteiger partial charge in [0.15, 0.2) is 5.96 Å². The topological polar surface area (TPSA) is 30.9 Å². The molecule has 1 unspecified atom stereocenters. The van der Waals surface area contributed by atoms with Crippen LogP contribution in [0.3, 0.4) is 0 Å². The van der Waals surface area contributed by atoms with Gasteiger partial charge in [-0.3, -0.25) is 4.99 Å². The molecule has 0 aromatic heterocycles. The highest BCUT2D eigenvalue weighted by atomic mass is 127. The maximum atomic E-state index is 14.2. The number of nitrogens with one attached hydrogen (secondary N) is 1. The zero-order valence-electron chi connectivity index (χ0n) is 16.3. The smallest absolute Gasteiger partial charge is 0.193 e. The number of aliphatic imine (C=N–C) groups is 1. The number of hydrogen-bond donors (Lipinski definition) is 1. The highest BCUT2D eigenvalue weighted by Crippen LogP contribution is 2.48.